The number of piperidine rings is 1. The van der Waals surface area contributed by atoms with Crippen LogP contribution < -0.4 is 0 Å². The lowest BCUT2D eigenvalue weighted by molar-refractivity contribution is -0.149. The van der Waals surface area contributed by atoms with Gasteiger partial charge in [0.2, 0.25) is 0 Å². The smallest absolute Gasteiger partial charge is 0.316 e. The fraction of sp³-hybridized carbons (Fsp3) is 0.429. The molecule has 25 heavy (non-hydrogen) atoms. The topological polar surface area (TPSA) is 42.4 Å². The van der Waals surface area contributed by atoms with Crippen molar-refractivity contribution in [2.75, 3.05) is 26.7 Å². The Bertz CT molecular complexity index is 665. The Labute approximate surface area is 149 Å². The molecule has 2 heterocycles. The number of pyridine rings is 1. The molecule has 1 aliphatic rings. The van der Waals surface area contributed by atoms with Crippen LogP contribution in [0.3, 0.4) is 0 Å². The van der Waals surface area contributed by atoms with Gasteiger partial charge in [-0.1, -0.05) is 36.4 Å². The first kappa shape index (κ1) is 17.6. The number of ether oxygens (including phenoxy) is 1. The highest BCUT2D eigenvalue weighted by Gasteiger charge is 2.43. The normalized spacial score (nSPS) is 17.2. The van der Waals surface area contributed by atoms with Crippen LogP contribution in [0.25, 0.3) is 0 Å². The van der Waals surface area contributed by atoms with Crippen molar-refractivity contribution in [1.82, 2.24) is 9.88 Å². The van der Waals surface area contributed by atoms with Crippen molar-refractivity contribution in [3.8, 4) is 0 Å². The first-order valence-electron chi connectivity index (χ1n) is 9.01. The summed E-state index contributed by atoms with van der Waals surface area (Å²) in [5, 5.41) is 0. The second kappa shape index (κ2) is 8.26. The zero-order valence-corrected chi connectivity index (χ0v) is 14.9. The van der Waals surface area contributed by atoms with E-state index in [-0.39, 0.29) is 5.97 Å². The average Bonchev–Trinajstić information content (AvgIpc) is 2.69. The van der Waals surface area contributed by atoms with Crippen LogP contribution in [0, 0.1) is 0 Å². The predicted molar refractivity (Wildman–Crippen MR) is 98.4 cm³/mol. The second-order valence-electron chi connectivity index (χ2n) is 6.71. The third kappa shape index (κ3) is 4.07. The molecule has 4 nitrogen and oxygen atoms in total. The van der Waals surface area contributed by atoms with Gasteiger partial charge in [-0.15, -0.1) is 0 Å². The number of likely N-dealkylation sites (tertiary alicyclic amines) is 1. The average molecular weight is 338 g/mol. The quantitative estimate of drug-likeness (QED) is 0.759. The zero-order chi connectivity index (χ0) is 17.5. The molecule has 1 saturated heterocycles. The summed E-state index contributed by atoms with van der Waals surface area (Å²) in [6.45, 7) is 2.89. The molecular formula is C21H26N2O2. The van der Waals surface area contributed by atoms with Crippen molar-refractivity contribution in [1.29, 1.82) is 0 Å². The summed E-state index contributed by atoms with van der Waals surface area (Å²) in [5.41, 5.74) is 1.73. The lowest BCUT2D eigenvalue weighted by Crippen LogP contribution is -2.48. The molecule has 0 radical (unpaired) electrons. The number of methoxy groups -OCH3 is 1. The summed E-state index contributed by atoms with van der Waals surface area (Å²) in [6.07, 6.45) is 5.56. The summed E-state index contributed by atoms with van der Waals surface area (Å²) in [4.78, 5) is 19.4. The van der Waals surface area contributed by atoms with Gasteiger partial charge in [-0.3, -0.25) is 9.78 Å². The molecule has 2 aromatic rings. The van der Waals surface area contributed by atoms with Crippen molar-refractivity contribution in [3.05, 3.63) is 66.0 Å². The molecule has 0 unspecified atom stereocenters. The first-order chi connectivity index (χ1) is 12.2. The molecule has 0 bridgehead atoms. The third-order valence-corrected chi connectivity index (χ3v) is 5.25. The Morgan fingerprint density at radius 3 is 2.48 bits per heavy atom. The van der Waals surface area contributed by atoms with Gasteiger partial charge in [0.25, 0.3) is 0 Å². The zero-order valence-electron chi connectivity index (χ0n) is 14.9. The second-order valence-corrected chi connectivity index (χ2v) is 6.71. The standard InChI is InChI=1S/C21H26N2O2/c1-25-20(24)21(18-8-3-2-4-9-18)12-16-23(17-13-21)15-7-11-19-10-5-6-14-22-19/h2-6,8-10,14H,7,11-13,15-17H2,1H3. The molecule has 0 saturated carbocycles. The Morgan fingerprint density at radius 2 is 1.84 bits per heavy atom. The number of hydrogen-bond acceptors (Lipinski definition) is 4. The molecule has 0 atom stereocenters. The van der Waals surface area contributed by atoms with Crippen LogP contribution in [-0.2, 0) is 21.4 Å². The van der Waals surface area contributed by atoms with Gasteiger partial charge < -0.3 is 9.64 Å². The van der Waals surface area contributed by atoms with E-state index in [0.29, 0.717) is 0 Å². The van der Waals surface area contributed by atoms with Crippen LogP contribution in [0.5, 0.6) is 0 Å². The van der Waals surface area contributed by atoms with E-state index in [9.17, 15) is 4.79 Å². The summed E-state index contributed by atoms with van der Waals surface area (Å²) < 4.78 is 5.16. The molecule has 0 amide bonds. The van der Waals surface area contributed by atoms with E-state index in [1.165, 1.54) is 7.11 Å². The van der Waals surface area contributed by atoms with Gasteiger partial charge in [-0.05, 0) is 63.0 Å². The number of hydrogen-bond donors (Lipinski definition) is 0. The van der Waals surface area contributed by atoms with E-state index in [1.54, 1.807) is 0 Å². The fourth-order valence-corrected chi connectivity index (χ4v) is 3.75. The van der Waals surface area contributed by atoms with Crippen molar-refractivity contribution in [2.24, 2.45) is 0 Å². The molecule has 1 aromatic carbocycles. The maximum atomic E-state index is 12.5. The Hall–Kier alpha value is -2.20. The molecule has 3 rings (SSSR count). The first-order valence-corrected chi connectivity index (χ1v) is 9.01. The molecular weight excluding hydrogens is 312 g/mol. The number of nitrogens with zero attached hydrogens (tertiary/aromatic N) is 2. The largest absolute Gasteiger partial charge is 0.468 e. The third-order valence-electron chi connectivity index (χ3n) is 5.25. The number of aryl methyl sites for hydroxylation is 1. The molecule has 0 spiro atoms. The highest BCUT2D eigenvalue weighted by Crippen LogP contribution is 2.36. The van der Waals surface area contributed by atoms with E-state index >= 15 is 0 Å². The van der Waals surface area contributed by atoms with E-state index in [2.05, 4.69) is 16.0 Å². The van der Waals surface area contributed by atoms with Crippen LogP contribution in [0.2, 0.25) is 0 Å². The van der Waals surface area contributed by atoms with E-state index in [4.69, 9.17) is 4.74 Å². The van der Waals surface area contributed by atoms with Crippen LogP contribution in [0.15, 0.2) is 54.7 Å². The maximum Gasteiger partial charge on any atom is 0.316 e. The molecule has 0 aliphatic carbocycles. The van der Waals surface area contributed by atoms with E-state index < -0.39 is 5.41 Å². The minimum Gasteiger partial charge on any atom is -0.468 e. The van der Waals surface area contributed by atoms with Crippen LogP contribution in [-0.4, -0.2) is 42.6 Å². The number of esters is 1. The number of rotatable bonds is 6. The SMILES string of the molecule is COC(=O)C1(c2ccccc2)CCN(CCCc2ccccn2)CC1. The molecule has 1 aliphatic heterocycles. The van der Waals surface area contributed by atoms with Crippen molar-refractivity contribution in [3.63, 3.8) is 0 Å². The lowest BCUT2D eigenvalue weighted by Gasteiger charge is -2.40. The van der Waals surface area contributed by atoms with E-state index in [0.717, 1.165) is 56.6 Å². The van der Waals surface area contributed by atoms with Crippen molar-refractivity contribution >= 4 is 5.97 Å². The summed E-state index contributed by atoms with van der Waals surface area (Å²) in [6, 6.07) is 16.1. The Morgan fingerprint density at radius 1 is 1.12 bits per heavy atom. The molecule has 1 aromatic heterocycles. The van der Waals surface area contributed by atoms with Gasteiger partial charge in [-0.2, -0.15) is 0 Å². The van der Waals surface area contributed by atoms with Crippen molar-refractivity contribution in [2.45, 2.75) is 31.1 Å². The fourth-order valence-electron chi connectivity index (χ4n) is 3.75. The van der Waals surface area contributed by atoms with Gasteiger partial charge >= 0.3 is 5.97 Å². The van der Waals surface area contributed by atoms with Gasteiger partial charge in [0, 0.05) is 11.9 Å². The summed E-state index contributed by atoms with van der Waals surface area (Å²) >= 11 is 0. The van der Waals surface area contributed by atoms with Crippen molar-refractivity contribution < 1.29 is 9.53 Å². The molecule has 1 fully saturated rings. The molecule has 132 valence electrons. The Kier molecular flexibility index (Phi) is 5.82. The summed E-state index contributed by atoms with van der Waals surface area (Å²) in [5.74, 6) is -0.105. The lowest BCUT2D eigenvalue weighted by atomic mass is 9.72. The number of benzene rings is 1. The highest BCUT2D eigenvalue weighted by atomic mass is 16.5. The number of aromatic nitrogens is 1. The molecule has 4 heteroatoms. The predicted octanol–water partition coefficient (Wildman–Crippen LogP) is 3.22. The summed E-state index contributed by atoms with van der Waals surface area (Å²) in [7, 11) is 1.49. The highest BCUT2D eigenvalue weighted by molar-refractivity contribution is 5.83. The van der Waals surface area contributed by atoms with Gasteiger partial charge in [0.05, 0.1) is 12.5 Å². The number of carbonyl (C=O) groups is 1. The van der Waals surface area contributed by atoms with E-state index in [1.807, 2.05) is 48.7 Å². The van der Waals surface area contributed by atoms with Gasteiger partial charge in [0.1, 0.15) is 0 Å². The van der Waals surface area contributed by atoms with Crippen LogP contribution >= 0.6 is 0 Å². The Balaban J connectivity index is 1.58. The minimum absolute atomic E-state index is 0.105. The van der Waals surface area contributed by atoms with Gasteiger partial charge in [-0.25, -0.2) is 0 Å². The monoisotopic (exact) mass is 338 g/mol. The van der Waals surface area contributed by atoms with Crippen LogP contribution in [0.1, 0.15) is 30.5 Å². The minimum atomic E-state index is -0.493. The van der Waals surface area contributed by atoms with Gasteiger partial charge in [0.15, 0.2) is 0 Å². The van der Waals surface area contributed by atoms with Crippen LogP contribution in [0.4, 0.5) is 0 Å². The molecule has 0 N–H and O–H groups in total. The maximum absolute atomic E-state index is 12.5. The number of carbonyl (C=O) groups excluding carboxylic acids is 1.